The third kappa shape index (κ3) is 6.19. The lowest BCUT2D eigenvalue weighted by Crippen LogP contribution is -2.25. The van der Waals surface area contributed by atoms with Gasteiger partial charge in [0.15, 0.2) is 0 Å². The quantitative estimate of drug-likeness (QED) is 0.826. The third-order valence-corrected chi connectivity index (χ3v) is 3.50. The SMILES string of the molecule is COc1cccc(CNC(C)CCc2ccccc2)c1.Cl. The lowest BCUT2D eigenvalue weighted by Gasteiger charge is -2.14. The van der Waals surface area contributed by atoms with E-state index in [9.17, 15) is 0 Å². The molecule has 0 aliphatic rings. The second-order valence-corrected chi connectivity index (χ2v) is 5.16. The Morgan fingerprint density at radius 1 is 1.00 bits per heavy atom. The molecule has 0 aliphatic carbocycles. The molecular formula is C18H24ClNO. The van der Waals surface area contributed by atoms with E-state index in [2.05, 4.69) is 54.7 Å². The molecule has 114 valence electrons. The second-order valence-electron chi connectivity index (χ2n) is 5.16. The van der Waals surface area contributed by atoms with Crippen LogP contribution in [-0.2, 0) is 13.0 Å². The van der Waals surface area contributed by atoms with Crippen LogP contribution in [0, 0.1) is 0 Å². The molecule has 0 radical (unpaired) electrons. The number of ether oxygens (including phenoxy) is 1. The molecule has 0 amide bonds. The number of benzene rings is 2. The summed E-state index contributed by atoms with van der Waals surface area (Å²) in [7, 11) is 1.70. The van der Waals surface area contributed by atoms with Gasteiger partial charge in [0.05, 0.1) is 7.11 Å². The maximum absolute atomic E-state index is 5.24. The van der Waals surface area contributed by atoms with E-state index in [0.29, 0.717) is 6.04 Å². The smallest absolute Gasteiger partial charge is 0.119 e. The molecule has 2 aromatic rings. The minimum atomic E-state index is 0. The van der Waals surface area contributed by atoms with Gasteiger partial charge in [-0.1, -0.05) is 42.5 Å². The lowest BCUT2D eigenvalue weighted by atomic mass is 10.1. The molecule has 1 atom stereocenters. The van der Waals surface area contributed by atoms with Crippen LogP contribution in [0.5, 0.6) is 5.75 Å². The summed E-state index contributed by atoms with van der Waals surface area (Å²) in [4.78, 5) is 0. The first-order valence-electron chi connectivity index (χ1n) is 7.18. The van der Waals surface area contributed by atoms with Crippen LogP contribution in [0.4, 0.5) is 0 Å². The Hall–Kier alpha value is -1.51. The zero-order valence-electron chi connectivity index (χ0n) is 12.7. The number of halogens is 1. The summed E-state index contributed by atoms with van der Waals surface area (Å²) in [6, 6.07) is 19.4. The van der Waals surface area contributed by atoms with Gasteiger partial charge in [0.1, 0.15) is 5.75 Å². The molecular weight excluding hydrogens is 282 g/mol. The van der Waals surface area contributed by atoms with Crippen LogP contribution in [0.15, 0.2) is 54.6 Å². The Balaban J connectivity index is 0.00000220. The molecule has 1 N–H and O–H groups in total. The molecule has 0 aromatic heterocycles. The van der Waals surface area contributed by atoms with Crippen molar-refractivity contribution >= 4 is 12.4 Å². The van der Waals surface area contributed by atoms with Crippen LogP contribution in [0.3, 0.4) is 0 Å². The molecule has 2 aromatic carbocycles. The molecule has 3 heteroatoms. The highest BCUT2D eigenvalue weighted by Crippen LogP contribution is 2.12. The Bertz CT molecular complexity index is 516. The Morgan fingerprint density at radius 3 is 2.43 bits per heavy atom. The van der Waals surface area contributed by atoms with E-state index in [0.717, 1.165) is 25.1 Å². The summed E-state index contributed by atoms with van der Waals surface area (Å²) in [6.45, 7) is 3.12. The Labute approximate surface area is 133 Å². The average molecular weight is 306 g/mol. The standard InChI is InChI=1S/C18H23NO.ClH/c1-15(11-12-16-7-4-3-5-8-16)19-14-17-9-6-10-18(13-17)20-2;/h3-10,13,15,19H,11-12,14H2,1-2H3;1H. The van der Waals surface area contributed by atoms with Crippen LogP contribution in [0.2, 0.25) is 0 Å². The van der Waals surface area contributed by atoms with Crippen LogP contribution < -0.4 is 10.1 Å². The fourth-order valence-electron chi connectivity index (χ4n) is 2.20. The van der Waals surface area contributed by atoms with E-state index in [1.54, 1.807) is 7.11 Å². The predicted octanol–water partition coefficient (Wildman–Crippen LogP) is 4.23. The zero-order chi connectivity index (χ0) is 14.2. The third-order valence-electron chi connectivity index (χ3n) is 3.50. The molecule has 0 heterocycles. The normalized spacial score (nSPS) is 11.5. The first-order chi connectivity index (χ1) is 9.78. The van der Waals surface area contributed by atoms with Crippen molar-refractivity contribution in [2.45, 2.75) is 32.4 Å². The molecule has 0 saturated carbocycles. The summed E-state index contributed by atoms with van der Waals surface area (Å²) < 4.78 is 5.24. The van der Waals surface area contributed by atoms with Crippen molar-refractivity contribution in [1.29, 1.82) is 0 Å². The number of hydrogen-bond acceptors (Lipinski definition) is 2. The molecule has 21 heavy (non-hydrogen) atoms. The van der Waals surface area contributed by atoms with Gasteiger partial charge >= 0.3 is 0 Å². The minimum Gasteiger partial charge on any atom is -0.497 e. The van der Waals surface area contributed by atoms with E-state index < -0.39 is 0 Å². The van der Waals surface area contributed by atoms with E-state index in [4.69, 9.17) is 4.74 Å². The molecule has 0 bridgehead atoms. The highest BCUT2D eigenvalue weighted by atomic mass is 35.5. The van der Waals surface area contributed by atoms with Crippen molar-refractivity contribution in [3.63, 3.8) is 0 Å². The van der Waals surface area contributed by atoms with Crippen LogP contribution in [-0.4, -0.2) is 13.2 Å². The Kier molecular flexibility index (Phi) is 7.88. The van der Waals surface area contributed by atoms with E-state index in [-0.39, 0.29) is 12.4 Å². The Morgan fingerprint density at radius 2 is 1.71 bits per heavy atom. The second kappa shape index (κ2) is 9.43. The first-order valence-corrected chi connectivity index (χ1v) is 7.18. The molecule has 2 nitrogen and oxygen atoms in total. The van der Waals surface area contributed by atoms with Gasteiger partial charge in [0.25, 0.3) is 0 Å². The summed E-state index contributed by atoms with van der Waals surface area (Å²) in [5.74, 6) is 0.918. The van der Waals surface area contributed by atoms with Gasteiger partial charge in [0.2, 0.25) is 0 Å². The zero-order valence-corrected chi connectivity index (χ0v) is 13.5. The van der Waals surface area contributed by atoms with Gasteiger partial charge in [-0.2, -0.15) is 0 Å². The molecule has 0 spiro atoms. The van der Waals surface area contributed by atoms with Crippen LogP contribution in [0.25, 0.3) is 0 Å². The van der Waals surface area contributed by atoms with E-state index in [1.807, 2.05) is 12.1 Å². The molecule has 0 fully saturated rings. The van der Waals surface area contributed by atoms with Crippen molar-refractivity contribution in [3.8, 4) is 5.75 Å². The van der Waals surface area contributed by atoms with Crippen molar-refractivity contribution < 1.29 is 4.74 Å². The van der Waals surface area contributed by atoms with Crippen molar-refractivity contribution in [3.05, 3.63) is 65.7 Å². The summed E-state index contributed by atoms with van der Waals surface area (Å²) in [5, 5.41) is 3.56. The van der Waals surface area contributed by atoms with Gasteiger partial charge in [-0.25, -0.2) is 0 Å². The van der Waals surface area contributed by atoms with Gasteiger partial charge in [0, 0.05) is 12.6 Å². The van der Waals surface area contributed by atoms with Gasteiger partial charge in [-0.05, 0) is 43.0 Å². The molecule has 0 aliphatic heterocycles. The summed E-state index contributed by atoms with van der Waals surface area (Å²) in [5.41, 5.74) is 2.67. The number of rotatable bonds is 7. The van der Waals surface area contributed by atoms with Gasteiger partial charge in [-0.15, -0.1) is 12.4 Å². The number of hydrogen-bond donors (Lipinski definition) is 1. The number of aryl methyl sites for hydroxylation is 1. The van der Waals surface area contributed by atoms with Gasteiger partial charge < -0.3 is 10.1 Å². The lowest BCUT2D eigenvalue weighted by molar-refractivity contribution is 0.413. The van der Waals surface area contributed by atoms with Crippen molar-refractivity contribution in [2.75, 3.05) is 7.11 Å². The molecule has 1 unspecified atom stereocenters. The van der Waals surface area contributed by atoms with Crippen molar-refractivity contribution in [2.24, 2.45) is 0 Å². The number of nitrogens with one attached hydrogen (secondary N) is 1. The van der Waals surface area contributed by atoms with Crippen molar-refractivity contribution in [1.82, 2.24) is 5.32 Å². The fourth-order valence-corrected chi connectivity index (χ4v) is 2.20. The molecule has 2 rings (SSSR count). The maximum atomic E-state index is 5.24. The highest BCUT2D eigenvalue weighted by Gasteiger charge is 2.03. The topological polar surface area (TPSA) is 21.3 Å². The van der Waals surface area contributed by atoms with E-state index >= 15 is 0 Å². The fraction of sp³-hybridized carbons (Fsp3) is 0.333. The van der Waals surface area contributed by atoms with Gasteiger partial charge in [-0.3, -0.25) is 0 Å². The highest BCUT2D eigenvalue weighted by molar-refractivity contribution is 5.85. The predicted molar refractivity (Wildman–Crippen MR) is 91.3 cm³/mol. The van der Waals surface area contributed by atoms with Crippen LogP contribution >= 0.6 is 12.4 Å². The van der Waals surface area contributed by atoms with Crippen LogP contribution in [0.1, 0.15) is 24.5 Å². The summed E-state index contributed by atoms with van der Waals surface area (Å²) in [6.07, 6.45) is 2.26. The number of methoxy groups -OCH3 is 1. The van der Waals surface area contributed by atoms with E-state index in [1.165, 1.54) is 11.1 Å². The molecule has 0 saturated heterocycles. The summed E-state index contributed by atoms with van der Waals surface area (Å²) >= 11 is 0. The first kappa shape index (κ1) is 17.5. The monoisotopic (exact) mass is 305 g/mol. The average Bonchev–Trinajstić information content (AvgIpc) is 2.52. The minimum absolute atomic E-state index is 0. The maximum Gasteiger partial charge on any atom is 0.119 e. The largest absolute Gasteiger partial charge is 0.497 e.